The number of rotatable bonds is 10. The molecular formula is C25H28IN3O4. The fraction of sp³-hybridized carbons (Fsp3) is 0.320. The molecular weight excluding hydrogens is 533 g/mol. The van der Waals surface area contributed by atoms with Gasteiger partial charge in [0.05, 0.1) is 38.4 Å². The number of hydrogen-bond donors (Lipinski definition) is 1. The van der Waals surface area contributed by atoms with Gasteiger partial charge in [0, 0.05) is 17.8 Å². The van der Waals surface area contributed by atoms with Crippen LogP contribution in [0, 0.1) is 3.70 Å². The molecule has 8 heteroatoms. The summed E-state index contributed by atoms with van der Waals surface area (Å²) < 4.78 is 12.7. The summed E-state index contributed by atoms with van der Waals surface area (Å²) in [6.07, 6.45) is 3.20. The molecule has 0 bridgehead atoms. The number of imidazole rings is 1. The third-order valence-corrected chi connectivity index (χ3v) is 6.16. The Kier molecular flexibility index (Phi) is 8.87. The third kappa shape index (κ3) is 6.13. The van der Waals surface area contributed by atoms with Crippen LogP contribution in [0.5, 0.6) is 0 Å². The SMILES string of the molecule is CCCCc1nc(I)c(CNc2ccccc2C(=O)OC)n1-c1ccc(CC(=O)OC)cc1. The van der Waals surface area contributed by atoms with Gasteiger partial charge in [0.15, 0.2) is 0 Å². The van der Waals surface area contributed by atoms with Crippen molar-refractivity contribution in [2.24, 2.45) is 0 Å². The summed E-state index contributed by atoms with van der Waals surface area (Å²) in [7, 11) is 2.77. The number of anilines is 1. The van der Waals surface area contributed by atoms with Gasteiger partial charge in [-0.15, -0.1) is 0 Å². The predicted molar refractivity (Wildman–Crippen MR) is 136 cm³/mol. The Bertz CT molecular complexity index is 1110. The summed E-state index contributed by atoms with van der Waals surface area (Å²) >= 11 is 2.26. The van der Waals surface area contributed by atoms with Gasteiger partial charge in [-0.3, -0.25) is 9.36 Å². The molecule has 33 heavy (non-hydrogen) atoms. The monoisotopic (exact) mass is 561 g/mol. The summed E-state index contributed by atoms with van der Waals surface area (Å²) in [6, 6.07) is 15.2. The number of methoxy groups -OCH3 is 2. The van der Waals surface area contributed by atoms with Gasteiger partial charge in [0.1, 0.15) is 9.53 Å². The second-order valence-electron chi connectivity index (χ2n) is 7.51. The molecule has 0 fully saturated rings. The van der Waals surface area contributed by atoms with E-state index in [-0.39, 0.29) is 18.4 Å². The highest BCUT2D eigenvalue weighted by atomic mass is 127. The van der Waals surface area contributed by atoms with Gasteiger partial charge >= 0.3 is 11.9 Å². The number of aromatic nitrogens is 2. The molecule has 0 saturated heterocycles. The first-order valence-corrected chi connectivity index (χ1v) is 11.9. The Morgan fingerprint density at radius 1 is 1.06 bits per heavy atom. The molecule has 1 heterocycles. The second kappa shape index (κ2) is 11.8. The topological polar surface area (TPSA) is 82.5 Å². The lowest BCUT2D eigenvalue weighted by Gasteiger charge is -2.15. The van der Waals surface area contributed by atoms with E-state index in [0.29, 0.717) is 17.8 Å². The Morgan fingerprint density at radius 2 is 1.79 bits per heavy atom. The van der Waals surface area contributed by atoms with Crippen molar-refractivity contribution in [3.05, 3.63) is 74.9 Å². The van der Waals surface area contributed by atoms with Crippen molar-refractivity contribution in [3.8, 4) is 5.69 Å². The first kappa shape index (κ1) is 24.8. The summed E-state index contributed by atoms with van der Waals surface area (Å²) in [6.45, 7) is 2.64. The van der Waals surface area contributed by atoms with Crippen LogP contribution in [0.25, 0.3) is 5.69 Å². The van der Waals surface area contributed by atoms with E-state index in [1.54, 1.807) is 6.07 Å². The number of hydrogen-bond acceptors (Lipinski definition) is 6. The maximum Gasteiger partial charge on any atom is 0.339 e. The minimum atomic E-state index is -0.383. The first-order chi connectivity index (χ1) is 16.0. The molecule has 0 spiro atoms. The van der Waals surface area contributed by atoms with Gasteiger partial charge in [-0.1, -0.05) is 37.6 Å². The van der Waals surface area contributed by atoms with E-state index in [4.69, 9.17) is 14.5 Å². The smallest absolute Gasteiger partial charge is 0.339 e. The van der Waals surface area contributed by atoms with Gasteiger partial charge in [0.25, 0.3) is 0 Å². The van der Waals surface area contributed by atoms with Crippen LogP contribution < -0.4 is 5.32 Å². The number of carbonyl (C=O) groups excluding carboxylic acids is 2. The number of carbonyl (C=O) groups is 2. The highest BCUT2D eigenvalue weighted by molar-refractivity contribution is 14.1. The molecule has 0 unspecified atom stereocenters. The standard InChI is InChI=1S/C25H28IN3O4/c1-4-5-10-22-28-24(26)21(16-27-20-9-7-6-8-19(20)25(31)33-3)29(22)18-13-11-17(12-14-18)15-23(30)32-2/h6-9,11-14,27H,4-5,10,15-16H2,1-3H3. The molecule has 0 atom stereocenters. The fourth-order valence-electron chi connectivity index (χ4n) is 3.54. The van der Waals surface area contributed by atoms with Crippen LogP contribution in [-0.4, -0.2) is 35.7 Å². The first-order valence-electron chi connectivity index (χ1n) is 10.8. The Labute approximate surface area is 207 Å². The van der Waals surface area contributed by atoms with Crippen molar-refractivity contribution in [1.29, 1.82) is 0 Å². The molecule has 0 radical (unpaired) electrons. The van der Waals surface area contributed by atoms with Crippen LogP contribution in [0.15, 0.2) is 48.5 Å². The van der Waals surface area contributed by atoms with Gasteiger partial charge in [0.2, 0.25) is 0 Å². The summed E-state index contributed by atoms with van der Waals surface area (Å²) in [5.41, 5.74) is 4.06. The molecule has 1 N–H and O–H groups in total. The predicted octanol–water partition coefficient (Wildman–Crippen LogP) is 4.93. The maximum absolute atomic E-state index is 12.1. The Balaban J connectivity index is 1.94. The minimum absolute atomic E-state index is 0.236. The molecule has 2 aromatic carbocycles. The summed E-state index contributed by atoms with van der Waals surface area (Å²) in [4.78, 5) is 28.6. The van der Waals surface area contributed by atoms with Crippen LogP contribution in [0.4, 0.5) is 5.69 Å². The van der Waals surface area contributed by atoms with E-state index in [1.807, 2.05) is 42.5 Å². The van der Waals surface area contributed by atoms with Crippen molar-refractivity contribution in [3.63, 3.8) is 0 Å². The number of esters is 2. The largest absolute Gasteiger partial charge is 0.469 e. The van der Waals surface area contributed by atoms with E-state index < -0.39 is 0 Å². The van der Waals surface area contributed by atoms with Crippen molar-refractivity contribution >= 4 is 40.2 Å². The number of para-hydroxylation sites is 1. The Hall–Kier alpha value is -2.88. The number of aryl methyl sites for hydroxylation is 1. The molecule has 1 aromatic heterocycles. The number of ether oxygens (including phenoxy) is 2. The molecule has 7 nitrogen and oxygen atoms in total. The number of unbranched alkanes of at least 4 members (excludes halogenated alkanes) is 1. The van der Waals surface area contributed by atoms with Crippen LogP contribution in [-0.2, 0) is 33.7 Å². The molecule has 0 saturated carbocycles. The quantitative estimate of drug-likeness (QED) is 0.279. The maximum atomic E-state index is 12.1. The second-order valence-corrected chi connectivity index (χ2v) is 8.54. The number of nitrogens with one attached hydrogen (secondary N) is 1. The van der Waals surface area contributed by atoms with Gasteiger partial charge in [-0.05, 0) is 58.8 Å². The number of benzene rings is 2. The van der Waals surface area contributed by atoms with Crippen LogP contribution in [0.2, 0.25) is 0 Å². The zero-order chi connectivity index (χ0) is 23.8. The van der Waals surface area contributed by atoms with Gasteiger partial charge < -0.3 is 14.8 Å². The molecule has 3 rings (SSSR count). The molecule has 0 amide bonds. The Morgan fingerprint density at radius 3 is 2.45 bits per heavy atom. The number of nitrogens with zero attached hydrogens (tertiary/aromatic N) is 2. The highest BCUT2D eigenvalue weighted by Gasteiger charge is 2.18. The zero-order valence-corrected chi connectivity index (χ0v) is 21.2. The van der Waals surface area contributed by atoms with E-state index in [0.717, 1.165) is 45.7 Å². The van der Waals surface area contributed by atoms with E-state index >= 15 is 0 Å². The van der Waals surface area contributed by atoms with Gasteiger partial charge in [-0.2, -0.15) is 0 Å². The summed E-state index contributed by atoms with van der Waals surface area (Å²) in [5, 5.41) is 3.38. The highest BCUT2D eigenvalue weighted by Crippen LogP contribution is 2.25. The molecule has 0 aliphatic rings. The van der Waals surface area contributed by atoms with E-state index in [2.05, 4.69) is 39.4 Å². The third-order valence-electron chi connectivity index (χ3n) is 5.30. The summed E-state index contributed by atoms with van der Waals surface area (Å²) in [5.74, 6) is 0.337. The normalized spacial score (nSPS) is 10.7. The van der Waals surface area contributed by atoms with Crippen LogP contribution in [0.1, 0.15) is 47.2 Å². The minimum Gasteiger partial charge on any atom is -0.469 e. The molecule has 0 aliphatic heterocycles. The fourth-order valence-corrected chi connectivity index (χ4v) is 4.25. The van der Waals surface area contributed by atoms with E-state index in [9.17, 15) is 9.59 Å². The van der Waals surface area contributed by atoms with Crippen molar-refractivity contribution in [1.82, 2.24) is 9.55 Å². The molecule has 3 aromatic rings. The van der Waals surface area contributed by atoms with E-state index in [1.165, 1.54) is 14.2 Å². The average molecular weight is 561 g/mol. The van der Waals surface area contributed by atoms with Crippen LogP contribution in [0.3, 0.4) is 0 Å². The lowest BCUT2D eigenvalue weighted by molar-refractivity contribution is -0.139. The average Bonchev–Trinajstić information content (AvgIpc) is 3.16. The lowest BCUT2D eigenvalue weighted by Crippen LogP contribution is -2.12. The van der Waals surface area contributed by atoms with Crippen molar-refractivity contribution in [2.45, 2.75) is 39.2 Å². The molecule has 174 valence electrons. The lowest BCUT2D eigenvalue weighted by atomic mass is 10.1. The zero-order valence-electron chi connectivity index (χ0n) is 19.1. The van der Waals surface area contributed by atoms with Crippen molar-refractivity contribution < 1.29 is 19.1 Å². The van der Waals surface area contributed by atoms with Crippen molar-refractivity contribution in [2.75, 3.05) is 19.5 Å². The van der Waals surface area contributed by atoms with Gasteiger partial charge in [-0.25, -0.2) is 9.78 Å². The molecule has 0 aliphatic carbocycles. The van der Waals surface area contributed by atoms with Crippen LogP contribution >= 0.6 is 22.6 Å². The number of halogens is 1.